The van der Waals surface area contributed by atoms with Gasteiger partial charge in [-0.25, -0.2) is 0 Å². The summed E-state index contributed by atoms with van der Waals surface area (Å²) in [6, 6.07) is 9.50. The van der Waals surface area contributed by atoms with E-state index in [0.29, 0.717) is 18.1 Å². The van der Waals surface area contributed by atoms with E-state index in [4.69, 9.17) is 10.00 Å². The van der Waals surface area contributed by atoms with Crippen molar-refractivity contribution in [3.63, 3.8) is 0 Å². The summed E-state index contributed by atoms with van der Waals surface area (Å²) in [5, 5.41) is 25.3. The lowest BCUT2D eigenvalue weighted by Gasteiger charge is -2.09. The number of nitriles is 1. The number of H-pyrrole nitrogens is 1. The van der Waals surface area contributed by atoms with E-state index in [2.05, 4.69) is 39.8 Å². The van der Waals surface area contributed by atoms with Crippen LogP contribution in [0.1, 0.15) is 19.7 Å². The molecule has 1 heterocycles. The van der Waals surface area contributed by atoms with Crippen LogP contribution in [0, 0.1) is 17.2 Å². The van der Waals surface area contributed by atoms with E-state index in [1.807, 2.05) is 30.3 Å². The average molecular weight is 284 g/mol. The number of hydrogen-bond acceptors (Lipinski definition) is 6. The Hall–Kier alpha value is -2.88. The Morgan fingerprint density at radius 1 is 1.43 bits per heavy atom. The third-order valence-corrected chi connectivity index (χ3v) is 2.53. The summed E-state index contributed by atoms with van der Waals surface area (Å²) in [5.74, 6) is 1.55. The summed E-state index contributed by atoms with van der Waals surface area (Å²) >= 11 is 0. The van der Waals surface area contributed by atoms with Crippen LogP contribution in [0.25, 0.3) is 5.57 Å². The van der Waals surface area contributed by atoms with Crippen molar-refractivity contribution in [2.24, 2.45) is 5.92 Å². The topological polar surface area (TPSA) is 99.5 Å². The Labute approximate surface area is 122 Å². The smallest absolute Gasteiger partial charge is 0.216 e. The first kappa shape index (κ1) is 14.5. The van der Waals surface area contributed by atoms with Gasteiger partial charge >= 0.3 is 0 Å². The minimum atomic E-state index is 0.252. The zero-order valence-electron chi connectivity index (χ0n) is 11.9. The monoisotopic (exact) mass is 284 g/mol. The maximum absolute atomic E-state index is 9.04. The molecule has 0 amide bonds. The van der Waals surface area contributed by atoms with Crippen molar-refractivity contribution in [3.05, 3.63) is 36.3 Å². The standard InChI is InChI=1S/C14H16N6O/c1-10(2)9-21-13-5-3-12(4-6-13)16-8-11(7-15)14-17-19-20-18-14/h3-6,8,10,16H,9H2,1-2H3,(H,17,18,19,20). The van der Waals surface area contributed by atoms with Gasteiger partial charge in [0.1, 0.15) is 17.4 Å². The molecule has 1 aromatic heterocycles. The van der Waals surface area contributed by atoms with E-state index in [1.165, 1.54) is 6.20 Å². The molecule has 0 aliphatic rings. The molecule has 0 unspecified atom stereocenters. The molecule has 0 saturated heterocycles. The summed E-state index contributed by atoms with van der Waals surface area (Å²) < 4.78 is 5.60. The molecule has 7 nitrogen and oxygen atoms in total. The predicted octanol–water partition coefficient (Wildman–Crippen LogP) is 2.21. The lowest BCUT2D eigenvalue weighted by molar-refractivity contribution is 0.271. The molecule has 2 N–H and O–H groups in total. The van der Waals surface area contributed by atoms with Crippen LogP contribution in [0.4, 0.5) is 5.69 Å². The highest BCUT2D eigenvalue weighted by Gasteiger charge is 2.05. The Morgan fingerprint density at radius 3 is 2.76 bits per heavy atom. The molecule has 0 atom stereocenters. The Kier molecular flexibility index (Phi) is 4.88. The molecule has 1 aromatic carbocycles. The number of ether oxygens (including phenoxy) is 1. The van der Waals surface area contributed by atoms with Gasteiger partial charge in [0.2, 0.25) is 5.82 Å². The SMILES string of the molecule is CC(C)COc1ccc(NC=C(C#N)c2nn[nH]n2)cc1. The number of anilines is 1. The first-order valence-corrected chi connectivity index (χ1v) is 6.52. The lowest BCUT2D eigenvalue weighted by Crippen LogP contribution is -2.04. The minimum Gasteiger partial charge on any atom is -0.493 e. The number of benzene rings is 1. The number of tetrazole rings is 1. The van der Waals surface area contributed by atoms with E-state index in [-0.39, 0.29) is 5.82 Å². The molecule has 0 radical (unpaired) electrons. The van der Waals surface area contributed by atoms with Crippen LogP contribution in [-0.4, -0.2) is 27.2 Å². The Morgan fingerprint density at radius 2 is 2.19 bits per heavy atom. The quantitative estimate of drug-likeness (QED) is 0.789. The van der Waals surface area contributed by atoms with Gasteiger partial charge in [-0.1, -0.05) is 13.8 Å². The number of aromatic amines is 1. The van der Waals surface area contributed by atoms with Crippen molar-refractivity contribution in [2.45, 2.75) is 13.8 Å². The van der Waals surface area contributed by atoms with Crippen LogP contribution in [-0.2, 0) is 0 Å². The van der Waals surface area contributed by atoms with Crippen LogP contribution >= 0.6 is 0 Å². The molecule has 2 aromatic rings. The second-order valence-electron chi connectivity index (χ2n) is 4.78. The highest BCUT2D eigenvalue weighted by atomic mass is 16.5. The molecule has 7 heteroatoms. The predicted molar refractivity (Wildman–Crippen MR) is 78.2 cm³/mol. The number of nitrogens with zero attached hydrogens (tertiary/aromatic N) is 4. The second-order valence-corrected chi connectivity index (χ2v) is 4.78. The maximum atomic E-state index is 9.04. The van der Waals surface area contributed by atoms with Crippen LogP contribution in [0.3, 0.4) is 0 Å². The van der Waals surface area contributed by atoms with Crippen molar-refractivity contribution in [1.82, 2.24) is 20.6 Å². The van der Waals surface area contributed by atoms with Crippen LogP contribution < -0.4 is 10.1 Å². The molecule has 21 heavy (non-hydrogen) atoms. The largest absolute Gasteiger partial charge is 0.493 e. The van der Waals surface area contributed by atoms with Crippen LogP contribution in [0.15, 0.2) is 30.5 Å². The van der Waals surface area contributed by atoms with E-state index in [9.17, 15) is 0 Å². The summed E-state index contributed by atoms with van der Waals surface area (Å²) in [5.41, 5.74) is 1.13. The van der Waals surface area contributed by atoms with Gasteiger partial charge in [0.25, 0.3) is 0 Å². The summed E-state index contributed by atoms with van der Waals surface area (Å²) in [4.78, 5) is 0. The van der Waals surface area contributed by atoms with Crippen molar-refractivity contribution >= 4 is 11.3 Å². The lowest BCUT2D eigenvalue weighted by atomic mass is 10.2. The Balaban J connectivity index is 1.99. The third kappa shape index (κ3) is 4.31. The molecule has 0 bridgehead atoms. The van der Waals surface area contributed by atoms with Gasteiger partial charge in [-0.05, 0) is 35.4 Å². The number of allylic oxidation sites excluding steroid dienone is 1. The molecule has 0 fully saturated rings. The van der Waals surface area contributed by atoms with E-state index in [1.54, 1.807) is 0 Å². The molecule has 0 aliphatic carbocycles. The molecule has 2 rings (SSSR count). The van der Waals surface area contributed by atoms with E-state index >= 15 is 0 Å². The fourth-order valence-electron chi connectivity index (χ4n) is 1.49. The summed E-state index contributed by atoms with van der Waals surface area (Å²) in [6.45, 7) is 4.88. The van der Waals surface area contributed by atoms with Gasteiger partial charge in [-0.3, -0.25) is 0 Å². The molecule has 108 valence electrons. The van der Waals surface area contributed by atoms with Crippen molar-refractivity contribution in [3.8, 4) is 11.8 Å². The fraction of sp³-hybridized carbons (Fsp3) is 0.286. The third-order valence-electron chi connectivity index (χ3n) is 2.53. The van der Waals surface area contributed by atoms with Crippen LogP contribution in [0.2, 0.25) is 0 Å². The van der Waals surface area contributed by atoms with Gasteiger partial charge in [-0.2, -0.15) is 10.5 Å². The van der Waals surface area contributed by atoms with Crippen LogP contribution in [0.5, 0.6) is 5.75 Å². The maximum Gasteiger partial charge on any atom is 0.216 e. The summed E-state index contributed by atoms with van der Waals surface area (Å²) in [6.07, 6.45) is 1.54. The molecular formula is C14H16N6O. The minimum absolute atomic E-state index is 0.252. The van der Waals surface area contributed by atoms with Crippen molar-refractivity contribution in [1.29, 1.82) is 5.26 Å². The van der Waals surface area contributed by atoms with Gasteiger partial charge in [-0.15, -0.1) is 10.2 Å². The first-order chi connectivity index (χ1) is 10.2. The van der Waals surface area contributed by atoms with E-state index < -0.39 is 0 Å². The molecule has 0 spiro atoms. The zero-order valence-corrected chi connectivity index (χ0v) is 11.9. The number of rotatable bonds is 6. The van der Waals surface area contributed by atoms with Gasteiger partial charge < -0.3 is 10.1 Å². The number of hydrogen-bond donors (Lipinski definition) is 2. The van der Waals surface area contributed by atoms with Gasteiger partial charge in [0.05, 0.1) is 6.61 Å². The fourth-order valence-corrected chi connectivity index (χ4v) is 1.49. The van der Waals surface area contributed by atoms with Gasteiger partial charge in [0, 0.05) is 11.9 Å². The average Bonchev–Trinajstić information content (AvgIpc) is 3.01. The molecular weight excluding hydrogens is 268 g/mol. The zero-order chi connectivity index (χ0) is 15.1. The molecule has 0 saturated carbocycles. The summed E-state index contributed by atoms with van der Waals surface area (Å²) in [7, 11) is 0. The highest BCUT2D eigenvalue weighted by molar-refractivity contribution is 5.74. The number of aromatic nitrogens is 4. The Bertz CT molecular complexity index is 624. The number of nitrogens with one attached hydrogen (secondary N) is 2. The van der Waals surface area contributed by atoms with Gasteiger partial charge in [0.15, 0.2) is 0 Å². The normalized spacial score (nSPS) is 11.2. The van der Waals surface area contributed by atoms with E-state index in [0.717, 1.165) is 11.4 Å². The first-order valence-electron chi connectivity index (χ1n) is 6.52. The highest BCUT2D eigenvalue weighted by Crippen LogP contribution is 2.17. The van der Waals surface area contributed by atoms with Crippen molar-refractivity contribution < 1.29 is 4.74 Å². The molecule has 0 aliphatic heterocycles. The second kappa shape index (κ2) is 7.05. The van der Waals surface area contributed by atoms with Crippen molar-refractivity contribution in [2.75, 3.05) is 11.9 Å².